The van der Waals surface area contributed by atoms with Crippen molar-refractivity contribution in [1.82, 2.24) is 4.98 Å². The first-order valence-corrected chi connectivity index (χ1v) is 6.64. The minimum absolute atomic E-state index is 0.241. The second-order valence-corrected chi connectivity index (χ2v) is 5.23. The number of nitrogens with zero attached hydrogens (tertiary/aromatic N) is 1. The van der Waals surface area contributed by atoms with Crippen molar-refractivity contribution in [2.75, 3.05) is 5.32 Å². The fraction of sp³-hybridized carbons (Fsp3) is 0.0769. The Morgan fingerprint density at radius 2 is 2.00 bits per heavy atom. The summed E-state index contributed by atoms with van der Waals surface area (Å²) in [6.07, 6.45) is 0. The molecule has 0 aliphatic rings. The summed E-state index contributed by atoms with van der Waals surface area (Å²) >= 11 is 8.69. The van der Waals surface area contributed by atoms with E-state index in [1.165, 1.54) is 0 Å². The number of halogens is 4. The van der Waals surface area contributed by atoms with Crippen LogP contribution >= 0.6 is 27.5 Å². The van der Waals surface area contributed by atoms with Gasteiger partial charge in [0.25, 0.3) is 5.91 Å². The molecule has 1 aromatic heterocycles. The van der Waals surface area contributed by atoms with Crippen molar-refractivity contribution in [2.45, 2.75) is 6.92 Å². The number of hydrogen-bond acceptors (Lipinski definition) is 2. The van der Waals surface area contributed by atoms with Gasteiger partial charge in [0.2, 0.25) is 0 Å². The Labute approximate surface area is 127 Å². The van der Waals surface area contributed by atoms with E-state index in [1.807, 2.05) is 0 Å². The summed E-state index contributed by atoms with van der Waals surface area (Å²) in [6.45, 7) is 1.74. The van der Waals surface area contributed by atoms with Crippen LogP contribution in [0.1, 0.15) is 16.1 Å². The van der Waals surface area contributed by atoms with Crippen molar-refractivity contribution in [3.63, 3.8) is 0 Å². The van der Waals surface area contributed by atoms with Gasteiger partial charge in [-0.2, -0.15) is 0 Å². The summed E-state index contributed by atoms with van der Waals surface area (Å²) in [6, 6.07) is 4.74. The van der Waals surface area contributed by atoms with E-state index in [9.17, 15) is 13.6 Å². The number of benzene rings is 1. The average Bonchev–Trinajstić information content (AvgIpc) is 2.38. The first kappa shape index (κ1) is 14.9. The molecule has 0 atom stereocenters. The molecule has 1 aromatic carbocycles. The molecule has 20 heavy (non-hydrogen) atoms. The zero-order chi connectivity index (χ0) is 14.9. The van der Waals surface area contributed by atoms with Crippen molar-refractivity contribution < 1.29 is 13.6 Å². The van der Waals surface area contributed by atoms with Gasteiger partial charge in [-0.1, -0.05) is 11.6 Å². The van der Waals surface area contributed by atoms with E-state index in [0.717, 1.165) is 16.6 Å². The van der Waals surface area contributed by atoms with Crippen LogP contribution in [0.2, 0.25) is 5.02 Å². The SMILES string of the molecule is Cc1nc(NC(=O)c2cc(F)c(Cl)cc2F)ccc1Br. The van der Waals surface area contributed by atoms with E-state index in [0.29, 0.717) is 5.69 Å². The highest BCUT2D eigenvalue weighted by Crippen LogP contribution is 2.21. The third-order valence-corrected chi connectivity index (χ3v) is 3.65. The maximum absolute atomic E-state index is 13.6. The minimum Gasteiger partial charge on any atom is -0.306 e. The van der Waals surface area contributed by atoms with Crippen LogP contribution in [0.3, 0.4) is 0 Å². The monoisotopic (exact) mass is 360 g/mol. The first-order chi connectivity index (χ1) is 9.38. The highest BCUT2D eigenvalue weighted by atomic mass is 79.9. The van der Waals surface area contributed by atoms with Gasteiger partial charge in [0.05, 0.1) is 16.3 Å². The third-order valence-electron chi connectivity index (χ3n) is 2.52. The van der Waals surface area contributed by atoms with Crippen LogP contribution < -0.4 is 5.32 Å². The Balaban J connectivity index is 2.28. The molecule has 1 heterocycles. The number of carbonyl (C=O) groups is 1. The Bertz CT molecular complexity index is 694. The molecule has 3 nitrogen and oxygen atoms in total. The summed E-state index contributed by atoms with van der Waals surface area (Å²) in [5.74, 6) is -2.32. The number of hydrogen-bond donors (Lipinski definition) is 1. The molecule has 0 aliphatic carbocycles. The molecule has 0 aliphatic heterocycles. The second kappa shape index (κ2) is 5.85. The lowest BCUT2D eigenvalue weighted by atomic mass is 10.2. The molecule has 104 valence electrons. The van der Waals surface area contributed by atoms with Crippen LogP contribution in [-0.4, -0.2) is 10.9 Å². The van der Waals surface area contributed by atoms with Crippen molar-refractivity contribution >= 4 is 39.3 Å². The standard InChI is InChI=1S/C13H8BrClF2N2O/c1-6-8(14)2-3-12(18-6)19-13(20)7-4-11(17)9(15)5-10(7)16/h2-5H,1H3,(H,18,19,20). The number of anilines is 1. The van der Waals surface area contributed by atoms with E-state index in [-0.39, 0.29) is 10.8 Å². The maximum atomic E-state index is 13.6. The topological polar surface area (TPSA) is 42.0 Å². The molecule has 0 saturated heterocycles. The number of rotatable bonds is 2. The molecule has 1 N–H and O–H groups in total. The van der Waals surface area contributed by atoms with Gasteiger partial charge >= 0.3 is 0 Å². The molecular weight excluding hydrogens is 354 g/mol. The third kappa shape index (κ3) is 3.13. The average molecular weight is 362 g/mol. The highest BCUT2D eigenvalue weighted by Gasteiger charge is 2.16. The zero-order valence-electron chi connectivity index (χ0n) is 10.2. The molecular formula is C13H8BrClF2N2O. The highest BCUT2D eigenvalue weighted by molar-refractivity contribution is 9.10. The number of amides is 1. The van der Waals surface area contributed by atoms with Crippen LogP contribution in [0, 0.1) is 18.6 Å². The number of nitrogens with one attached hydrogen (secondary N) is 1. The molecule has 0 fully saturated rings. The van der Waals surface area contributed by atoms with E-state index in [4.69, 9.17) is 11.6 Å². The van der Waals surface area contributed by atoms with E-state index >= 15 is 0 Å². The smallest absolute Gasteiger partial charge is 0.259 e. The van der Waals surface area contributed by atoms with E-state index in [2.05, 4.69) is 26.2 Å². The molecule has 2 aromatic rings. The van der Waals surface area contributed by atoms with Crippen LogP contribution in [0.15, 0.2) is 28.7 Å². The van der Waals surface area contributed by atoms with Crippen molar-refractivity contribution in [2.24, 2.45) is 0 Å². The predicted octanol–water partition coefficient (Wildman–Crippen LogP) is 4.34. The first-order valence-electron chi connectivity index (χ1n) is 5.47. The van der Waals surface area contributed by atoms with Gasteiger partial charge in [-0.15, -0.1) is 0 Å². The molecule has 0 radical (unpaired) electrons. The van der Waals surface area contributed by atoms with Gasteiger partial charge in [-0.25, -0.2) is 13.8 Å². The number of aromatic nitrogens is 1. The lowest BCUT2D eigenvalue weighted by Gasteiger charge is -2.07. The van der Waals surface area contributed by atoms with Gasteiger partial charge in [-0.3, -0.25) is 4.79 Å². The van der Waals surface area contributed by atoms with Crippen molar-refractivity contribution in [3.05, 3.63) is 56.7 Å². The normalized spacial score (nSPS) is 10.4. The summed E-state index contributed by atoms with van der Waals surface area (Å²) in [7, 11) is 0. The van der Waals surface area contributed by atoms with Crippen LogP contribution in [-0.2, 0) is 0 Å². The van der Waals surface area contributed by atoms with Crippen molar-refractivity contribution in [1.29, 1.82) is 0 Å². The predicted molar refractivity (Wildman–Crippen MR) is 76.0 cm³/mol. The number of carbonyl (C=O) groups excluding carboxylic acids is 1. The number of aryl methyl sites for hydroxylation is 1. The van der Waals surface area contributed by atoms with Gasteiger partial charge in [0.1, 0.15) is 17.5 Å². The van der Waals surface area contributed by atoms with Gasteiger partial charge in [0, 0.05) is 4.47 Å². The van der Waals surface area contributed by atoms with Crippen molar-refractivity contribution in [3.8, 4) is 0 Å². The quantitative estimate of drug-likeness (QED) is 0.809. The molecule has 7 heteroatoms. The summed E-state index contributed by atoms with van der Waals surface area (Å²) in [4.78, 5) is 16.0. The molecule has 1 amide bonds. The molecule has 2 rings (SSSR count). The Morgan fingerprint density at radius 3 is 2.65 bits per heavy atom. The lowest BCUT2D eigenvalue weighted by molar-refractivity contribution is 0.102. The van der Waals surface area contributed by atoms with E-state index < -0.39 is 23.1 Å². The maximum Gasteiger partial charge on any atom is 0.259 e. The zero-order valence-corrected chi connectivity index (χ0v) is 12.5. The summed E-state index contributed by atoms with van der Waals surface area (Å²) < 4.78 is 27.6. The fourth-order valence-electron chi connectivity index (χ4n) is 1.49. The van der Waals surface area contributed by atoms with Crippen LogP contribution in [0.25, 0.3) is 0 Å². The Morgan fingerprint density at radius 1 is 1.30 bits per heavy atom. The summed E-state index contributed by atoms with van der Waals surface area (Å²) in [5.41, 5.74) is 0.222. The van der Waals surface area contributed by atoms with Gasteiger partial charge in [0.15, 0.2) is 0 Å². The largest absolute Gasteiger partial charge is 0.306 e. The summed E-state index contributed by atoms with van der Waals surface area (Å²) in [5, 5.41) is 2.02. The molecule has 0 bridgehead atoms. The fourth-order valence-corrected chi connectivity index (χ4v) is 1.87. The van der Waals surface area contributed by atoms with E-state index in [1.54, 1.807) is 19.1 Å². The van der Waals surface area contributed by atoms with Crippen LogP contribution in [0.5, 0.6) is 0 Å². The van der Waals surface area contributed by atoms with Crippen LogP contribution in [0.4, 0.5) is 14.6 Å². The number of pyridine rings is 1. The minimum atomic E-state index is -0.900. The van der Waals surface area contributed by atoms with Gasteiger partial charge in [-0.05, 0) is 47.1 Å². The van der Waals surface area contributed by atoms with Gasteiger partial charge < -0.3 is 5.32 Å². The Kier molecular flexibility index (Phi) is 4.35. The lowest BCUT2D eigenvalue weighted by Crippen LogP contribution is -2.15. The molecule has 0 spiro atoms. The second-order valence-electron chi connectivity index (χ2n) is 3.96. The molecule has 0 saturated carbocycles. The molecule has 0 unspecified atom stereocenters. The Hall–Kier alpha value is -1.53.